The highest BCUT2D eigenvalue weighted by Gasteiger charge is 2.23. The van der Waals surface area contributed by atoms with Crippen molar-refractivity contribution < 1.29 is 0 Å². The predicted octanol–water partition coefficient (Wildman–Crippen LogP) is 4.73. The monoisotopic (exact) mass is 384 g/mol. The number of benzene rings is 2. The molecule has 0 N–H and O–H groups in total. The molecular formula is C20H18Cl2N4. The molecule has 0 fully saturated rings. The van der Waals surface area contributed by atoms with Crippen LogP contribution in [0.15, 0.2) is 59.6 Å². The zero-order valence-corrected chi connectivity index (χ0v) is 15.9. The van der Waals surface area contributed by atoms with Crippen LogP contribution < -0.4 is 0 Å². The number of hydrogen-bond donors (Lipinski definition) is 0. The summed E-state index contributed by atoms with van der Waals surface area (Å²) >= 11 is 12.8. The van der Waals surface area contributed by atoms with E-state index < -0.39 is 0 Å². The predicted molar refractivity (Wildman–Crippen MR) is 108 cm³/mol. The Morgan fingerprint density at radius 1 is 1.00 bits per heavy atom. The highest BCUT2D eigenvalue weighted by molar-refractivity contribution is 6.31. The molecule has 3 aromatic rings. The number of halogens is 2. The summed E-state index contributed by atoms with van der Waals surface area (Å²) in [6.45, 7) is 1.77. The number of aromatic nitrogens is 2. The van der Waals surface area contributed by atoms with Gasteiger partial charge in [-0.25, -0.2) is 4.68 Å². The molecule has 132 valence electrons. The minimum Gasteiger partial charge on any atom is -0.361 e. The SMILES string of the molecule is CN1CCN=C1Cc1c(-c2ccc(Cl)cc2)nn(-c2ccccc2)c1Cl. The van der Waals surface area contributed by atoms with Gasteiger partial charge in [0, 0.05) is 36.2 Å². The molecular weight excluding hydrogens is 367 g/mol. The third-order valence-electron chi connectivity index (χ3n) is 4.54. The van der Waals surface area contributed by atoms with E-state index in [4.69, 9.17) is 28.3 Å². The van der Waals surface area contributed by atoms with Crippen LogP contribution in [-0.4, -0.2) is 40.7 Å². The fourth-order valence-corrected chi connectivity index (χ4v) is 3.51. The molecule has 2 heterocycles. The van der Waals surface area contributed by atoms with E-state index >= 15 is 0 Å². The molecule has 0 saturated heterocycles. The van der Waals surface area contributed by atoms with Gasteiger partial charge in [-0.2, -0.15) is 5.10 Å². The van der Waals surface area contributed by atoms with Gasteiger partial charge in [-0.15, -0.1) is 0 Å². The van der Waals surface area contributed by atoms with Gasteiger partial charge >= 0.3 is 0 Å². The number of rotatable bonds is 4. The van der Waals surface area contributed by atoms with Crippen molar-refractivity contribution >= 4 is 29.0 Å². The van der Waals surface area contributed by atoms with Crippen molar-refractivity contribution in [2.75, 3.05) is 20.1 Å². The summed E-state index contributed by atoms with van der Waals surface area (Å²) in [5, 5.41) is 6.13. The zero-order chi connectivity index (χ0) is 18.1. The van der Waals surface area contributed by atoms with Crippen LogP contribution in [0.25, 0.3) is 16.9 Å². The molecule has 26 heavy (non-hydrogen) atoms. The minimum absolute atomic E-state index is 0.615. The van der Waals surface area contributed by atoms with E-state index in [0.717, 1.165) is 41.4 Å². The first-order chi connectivity index (χ1) is 12.6. The maximum absolute atomic E-state index is 6.77. The number of nitrogens with zero attached hydrogens (tertiary/aromatic N) is 4. The Labute approximate surface area is 162 Å². The van der Waals surface area contributed by atoms with Gasteiger partial charge < -0.3 is 4.90 Å². The van der Waals surface area contributed by atoms with Crippen molar-refractivity contribution in [3.05, 3.63) is 70.3 Å². The Balaban J connectivity index is 1.84. The third kappa shape index (κ3) is 3.22. The van der Waals surface area contributed by atoms with Crippen LogP contribution in [0.5, 0.6) is 0 Å². The van der Waals surface area contributed by atoms with Crippen molar-refractivity contribution in [3.63, 3.8) is 0 Å². The van der Waals surface area contributed by atoms with Gasteiger partial charge in [0.2, 0.25) is 0 Å². The number of para-hydroxylation sites is 1. The van der Waals surface area contributed by atoms with Gasteiger partial charge in [0.05, 0.1) is 17.9 Å². The van der Waals surface area contributed by atoms with Crippen LogP contribution in [0.2, 0.25) is 10.2 Å². The van der Waals surface area contributed by atoms with Gasteiger partial charge in [0.25, 0.3) is 0 Å². The standard InChI is InChI=1S/C20H18Cl2N4/c1-25-12-11-23-18(25)13-17-19(14-7-9-15(21)10-8-14)24-26(20(17)22)16-5-3-2-4-6-16/h2-10H,11-13H2,1H3. The molecule has 0 aliphatic carbocycles. The van der Waals surface area contributed by atoms with Crippen molar-refractivity contribution in [1.29, 1.82) is 0 Å². The fraction of sp³-hybridized carbons (Fsp3) is 0.200. The average Bonchev–Trinajstić information content (AvgIpc) is 3.21. The fourth-order valence-electron chi connectivity index (χ4n) is 3.09. The molecule has 4 nitrogen and oxygen atoms in total. The second-order valence-corrected chi connectivity index (χ2v) is 7.06. The molecule has 2 aromatic carbocycles. The van der Waals surface area contributed by atoms with Crippen LogP contribution in [0.1, 0.15) is 5.56 Å². The van der Waals surface area contributed by atoms with E-state index in [1.54, 1.807) is 4.68 Å². The van der Waals surface area contributed by atoms with Crippen LogP contribution in [-0.2, 0) is 6.42 Å². The Bertz CT molecular complexity index is 946. The van der Waals surface area contributed by atoms with E-state index in [-0.39, 0.29) is 0 Å². The lowest BCUT2D eigenvalue weighted by Gasteiger charge is -2.14. The molecule has 1 aliphatic rings. The van der Waals surface area contributed by atoms with Gasteiger partial charge in [-0.1, -0.05) is 53.5 Å². The Morgan fingerprint density at radius 2 is 1.73 bits per heavy atom. The maximum atomic E-state index is 6.77. The number of aliphatic imine (C=N–C) groups is 1. The molecule has 0 amide bonds. The smallest absolute Gasteiger partial charge is 0.137 e. The third-order valence-corrected chi connectivity index (χ3v) is 5.18. The largest absolute Gasteiger partial charge is 0.361 e. The second-order valence-electron chi connectivity index (χ2n) is 6.27. The van der Waals surface area contributed by atoms with Gasteiger partial charge in [0.1, 0.15) is 11.0 Å². The van der Waals surface area contributed by atoms with E-state index in [2.05, 4.69) is 16.9 Å². The molecule has 6 heteroatoms. The van der Waals surface area contributed by atoms with Gasteiger partial charge in [-0.3, -0.25) is 4.99 Å². The summed E-state index contributed by atoms with van der Waals surface area (Å²) in [5.74, 6) is 1.04. The van der Waals surface area contributed by atoms with Crippen molar-refractivity contribution in [2.45, 2.75) is 6.42 Å². The lowest BCUT2D eigenvalue weighted by atomic mass is 10.1. The van der Waals surface area contributed by atoms with Crippen LogP contribution in [0.3, 0.4) is 0 Å². The first-order valence-corrected chi connectivity index (χ1v) is 9.22. The zero-order valence-electron chi connectivity index (χ0n) is 14.4. The first-order valence-electron chi connectivity index (χ1n) is 8.46. The molecule has 1 aromatic heterocycles. The molecule has 0 unspecified atom stereocenters. The Morgan fingerprint density at radius 3 is 2.38 bits per heavy atom. The highest BCUT2D eigenvalue weighted by atomic mass is 35.5. The topological polar surface area (TPSA) is 33.4 Å². The van der Waals surface area contributed by atoms with E-state index in [0.29, 0.717) is 16.6 Å². The molecule has 4 rings (SSSR count). The lowest BCUT2D eigenvalue weighted by Crippen LogP contribution is -2.24. The molecule has 0 bridgehead atoms. The summed E-state index contributed by atoms with van der Waals surface area (Å²) in [4.78, 5) is 6.78. The van der Waals surface area contributed by atoms with E-state index in [1.165, 1.54) is 0 Å². The first kappa shape index (κ1) is 17.1. The van der Waals surface area contributed by atoms with Crippen LogP contribution in [0.4, 0.5) is 0 Å². The molecule has 1 aliphatic heterocycles. The molecule has 0 atom stereocenters. The number of hydrogen-bond acceptors (Lipinski definition) is 3. The summed E-state index contributed by atoms with van der Waals surface area (Å²) in [6.07, 6.45) is 0.653. The Kier molecular flexibility index (Phi) is 4.70. The molecule has 0 radical (unpaired) electrons. The van der Waals surface area contributed by atoms with Crippen molar-refractivity contribution in [1.82, 2.24) is 14.7 Å². The summed E-state index contributed by atoms with van der Waals surface area (Å²) in [6, 6.07) is 17.6. The summed E-state index contributed by atoms with van der Waals surface area (Å²) < 4.78 is 1.79. The van der Waals surface area contributed by atoms with E-state index in [9.17, 15) is 0 Å². The molecule has 0 saturated carbocycles. The minimum atomic E-state index is 0.615. The van der Waals surface area contributed by atoms with Gasteiger partial charge in [-0.05, 0) is 24.3 Å². The summed E-state index contributed by atoms with van der Waals surface area (Å²) in [7, 11) is 2.06. The number of likely N-dealkylation sites (N-methyl/N-ethyl adjacent to an activating group) is 1. The quantitative estimate of drug-likeness (QED) is 0.651. The lowest BCUT2D eigenvalue weighted by molar-refractivity contribution is 0.548. The van der Waals surface area contributed by atoms with Crippen molar-refractivity contribution in [2.24, 2.45) is 4.99 Å². The highest BCUT2D eigenvalue weighted by Crippen LogP contribution is 2.32. The van der Waals surface area contributed by atoms with Crippen molar-refractivity contribution in [3.8, 4) is 16.9 Å². The average molecular weight is 385 g/mol. The van der Waals surface area contributed by atoms with E-state index in [1.807, 2.05) is 54.6 Å². The van der Waals surface area contributed by atoms with Crippen LogP contribution in [0, 0.1) is 0 Å². The van der Waals surface area contributed by atoms with Crippen LogP contribution >= 0.6 is 23.2 Å². The summed E-state index contributed by atoms with van der Waals surface area (Å²) in [5.41, 5.74) is 3.76. The molecule has 0 spiro atoms. The maximum Gasteiger partial charge on any atom is 0.137 e. The van der Waals surface area contributed by atoms with Gasteiger partial charge in [0.15, 0.2) is 0 Å². The Hall–Kier alpha value is -2.30. The second kappa shape index (κ2) is 7.14. The number of amidine groups is 1. The normalized spacial score (nSPS) is 14.0.